The Morgan fingerprint density at radius 3 is 2.45 bits per heavy atom. The highest BCUT2D eigenvalue weighted by atomic mass is 16.1. The van der Waals surface area contributed by atoms with Gasteiger partial charge >= 0.3 is 0 Å². The van der Waals surface area contributed by atoms with Crippen molar-refractivity contribution in [1.82, 2.24) is 9.55 Å². The molecule has 5 nitrogen and oxygen atoms in total. The highest BCUT2D eigenvalue weighted by molar-refractivity contribution is 6.04. The number of hydrogen-bond donors (Lipinski definition) is 1. The van der Waals surface area contributed by atoms with E-state index < -0.39 is 0 Å². The Kier molecular flexibility index (Phi) is 4.48. The summed E-state index contributed by atoms with van der Waals surface area (Å²) < 4.78 is 2.34. The number of benzene rings is 3. The number of aromatic nitrogens is 2. The number of hydrogen-bond acceptors (Lipinski definition) is 3. The van der Waals surface area contributed by atoms with Crippen LogP contribution in [0.15, 0.2) is 78.9 Å². The molecule has 0 saturated heterocycles. The minimum atomic E-state index is -0.0955. The Balaban J connectivity index is 1.34. The van der Waals surface area contributed by atoms with Gasteiger partial charge in [0, 0.05) is 30.0 Å². The summed E-state index contributed by atoms with van der Waals surface area (Å²) in [4.78, 5) is 19.5. The van der Waals surface area contributed by atoms with E-state index in [4.69, 9.17) is 4.98 Å². The van der Waals surface area contributed by atoms with Gasteiger partial charge in [0.2, 0.25) is 0 Å². The zero-order chi connectivity index (χ0) is 19.6. The summed E-state index contributed by atoms with van der Waals surface area (Å²) in [5.74, 6) is 1.01. The minimum Gasteiger partial charge on any atom is -0.364 e. The molecule has 1 aliphatic heterocycles. The minimum absolute atomic E-state index is 0.0955. The van der Waals surface area contributed by atoms with Crippen molar-refractivity contribution in [3.05, 3.63) is 90.3 Å². The van der Waals surface area contributed by atoms with E-state index in [-0.39, 0.29) is 5.91 Å². The molecule has 1 N–H and O–H groups in total. The summed E-state index contributed by atoms with van der Waals surface area (Å²) in [5.41, 5.74) is 4.86. The quantitative estimate of drug-likeness (QED) is 0.559. The van der Waals surface area contributed by atoms with Crippen molar-refractivity contribution in [2.45, 2.75) is 19.5 Å². The molecule has 1 aromatic heterocycles. The number of nitrogens with zero attached hydrogens (tertiary/aromatic N) is 3. The molecule has 0 fully saturated rings. The molecular weight excluding hydrogens is 360 g/mol. The summed E-state index contributed by atoms with van der Waals surface area (Å²) in [6, 6.07) is 25.7. The number of amides is 1. The highest BCUT2D eigenvalue weighted by Gasteiger charge is 2.18. The second-order valence-electron chi connectivity index (χ2n) is 7.31. The van der Waals surface area contributed by atoms with Gasteiger partial charge in [0.25, 0.3) is 5.91 Å². The van der Waals surface area contributed by atoms with Crippen LogP contribution in [0, 0.1) is 0 Å². The lowest BCUT2D eigenvalue weighted by Crippen LogP contribution is -2.22. The number of carbonyl (C=O) groups is 1. The maximum atomic E-state index is 12.3. The van der Waals surface area contributed by atoms with Crippen LogP contribution in [-0.4, -0.2) is 22.0 Å². The third-order valence-electron chi connectivity index (χ3n) is 5.40. The van der Waals surface area contributed by atoms with Gasteiger partial charge in [0.15, 0.2) is 0 Å². The molecule has 0 aliphatic carbocycles. The first-order valence-corrected chi connectivity index (χ1v) is 9.93. The molecule has 1 aliphatic rings. The molecule has 0 spiro atoms. The van der Waals surface area contributed by atoms with Crippen molar-refractivity contribution in [3.8, 4) is 0 Å². The first-order valence-electron chi connectivity index (χ1n) is 9.93. The predicted octanol–water partition coefficient (Wildman–Crippen LogP) is 4.70. The molecule has 0 atom stereocenters. The fourth-order valence-corrected chi connectivity index (χ4v) is 3.93. The summed E-state index contributed by atoms with van der Waals surface area (Å²) in [6.45, 7) is 2.75. The molecule has 5 heteroatoms. The lowest BCUT2D eigenvalue weighted by Gasteiger charge is -2.22. The van der Waals surface area contributed by atoms with E-state index >= 15 is 0 Å². The van der Waals surface area contributed by atoms with Crippen molar-refractivity contribution >= 4 is 28.3 Å². The Labute approximate surface area is 169 Å². The fraction of sp³-hybridized carbons (Fsp3) is 0.167. The van der Waals surface area contributed by atoms with E-state index in [9.17, 15) is 4.79 Å². The lowest BCUT2D eigenvalue weighted by molar-refractivity contribution is 0.102. The number of imidazole rings is 1. The molecular formula is C24H22N4O. The van der Waals surface area contributed by atoms with Crippen LogP contribution in [-0.2, 0) is 13.1 Å². The van der Waals surface area contributed by atoms with E-state index in [1.165, 1.54) is 5.52 Å². The third-order valence-corrected chi connectivity index (χ3v) is 5.40. The molecule has 1 amide bonds. The first-order chi connectivity index (χ1) is 14.3. The maximum absolute atomic E-state index is 12.3. The van der Waals surface area contributed by atoms with Crippen LogP contribution >= 0.6 is 0 Å². The van der Waals surface area contributed by atoms with Crippen molar-refractivity contribution in [1.29, 1.82) is 0 Å². The Bertz CT molecular complexity index is 1150. The van der Waals surface area contributed by atoms with Gasteiger partial charge in [-0.2, -0.15) is 0 Å². The van der Waals surface area contributed by atoms with Crippen LogP contribution < -0.4 is 10.2 Å². The molecule has 29 heavy (non-hydrogen) atoms. The van der Waals surface area contributed by atoms with Gasteiger partial charge in [-0.15, -0.1) is 0 Å². The van der Waals surface area contributed by atoms with Gasteiger partial charge in [0.05, 0.1) is 17.6 Å². The van der Waals surface area contributed by atoms with Crippen LogP contribution in [0.2, 0.25) is 0 Å². The maximum Gasteiger partial charge on any atom is 0.255 e. The van der Waals surface area contributed by atoms with Gasteiger partial charge < -0.3 is 14.8 Å². The smallest absolute Gasteiger partial charge is 0.255 e. The number of nitrogens with one attached hydrogen (secondary N) is 1. The molecule has 3 aromatic carbocycles. The number of anilines is 2. The van der Waals surface area contributed by atoms with Crippen LogP contribution in [0.25, 0.3) is 11.0 Å². The Hall–Kier alpha value is -3.60. The average Bonchev–Trinajstić information content (AvgIpc) is 2.97. The number of carbonyl (C=O) groups excluding carboxylic acids is 1. The monoisotopic (exact) mass is 382 g/mol. The number of rotatable bonds is 3. The van der Waals surface area contributed by atoms with E-state index in [1.54, 1.807) is 0 Å². The number of para-hydroxylation sites is 2. The van der Waals surface area contributed by atoms with E-state index in [0.717, 1.165) is 48.8 Å². The second kappa shape index (κ2) is 7.43. The SMILES string of the molecule is O=C(Nc1ccc(N2CCCn3c(nc4ccccc43)C2)cc1)c1ccccc1. The standard InChI is InChI=1S/C24H22N4O/c29-24(18-7-2-1-3-8-18)25-19-11-13-20(14-12-19)27-15-6-16-28-22-10-5-4-9-21(22)26-23(28)17-27/h1-5,7-14H,6,15-17H2,(H,25,29). The average molecular weight is 382 g/mol. The molecule has 2 heterocycles. The molecule has 4 aromatic rings. The Morgan fingerprint density at radius 2 is 1.62 bits per heavy atom. The fourth-order valence-electron chi connectivity index (χ4n) is 3.93. The summed E-state index contributed by atoms with van der Waals surface area (Å²) >= 11 is 0. The first kappa shape index (κ1) is 17.5. The van der Waals surface area contributed by atoms with Crippen LogP contribution in [0.3, 0.4) is 0 Å². The molecule has 0 unspecified atom stereocenters. The zero-order valence-corrected chi connectivity index (χ0v) is 16.1. The van der Waals surface area contributed by atoms with Crippen LogP contribution in [0.4, 0.5) is 11.4 Å². The number of fused-ring (bicyclic) bond motifs is 3. The third kappa shape index (κ3) is 3.47. The van der Waals surface area contributed by atoms with Crippen LogP contribution in [0.5, 0.6) is 0 Å². The van der Waals surface area contributed by atoms with Gasteiger partial charge in [-0.1, -0.05) is 30.3 Å². The summed E-state index contributed by atoms with van der Waals surface area (Å²) in [7, 11) is 0. The molecule has 5 rings (SSSR count). The Morgan fingerprint density at radius 1 is 0.862 bits per heavy atom. The van der Waals surface area contributed by atoms with E-state index in [1.807, 2.05) is 48.5 Å². The lowest BCUT2D eigenvalue weighted by atomic mass is 10.2. The normalized spacial score (nSPS) is 13.7. The van der Waals surface area contributed by atoms with Crippen LogP contribution in [0.1, 0.15) is 22.6 Å². The van der Waals surface area contributed by atoms with Crippen molar-refractivity contribution in [3.63, 3.8) is 0 Å². The molecule has 0 radical (unpaired) electrons. The molecule has 0 bridgehead atoms. The second-order valence-corrected chi connectivity index (χ2v) is 7.31. The summed E-state index contributed by atoms with van der Waals surface area (Å²) in [5, 5.41) is 2.96. The predicted molar refractivity (Wildman–Crippen MR) is 116 cm³/mol. The zero-order valence-electron chi connectivity index (χ0n) is 16.1. The van der Waals surface area contributed by atoms with E-state index in [0.29, 0.717) is 5.56 Å². The largest absolute Gasteiger partial charge is 0.364 e. The van der Waals surface area contributed by atoms with Crippen molar-refractivity contribution < 1.29 is 4.79 Å². The number of aryl methyl sites for hydroxylation is 1. The topological polar surface area (TPSA) is 50.2 Å². The van der Waals surface area contributed by atoms with Crippen molar-refractivity contribution in [2.75, 3.05) is 16.8 Å². The van der Waals surface area contributed by atoms with Gasteiger partial charge in [-0.3, -0.25) is 4.79 Å². The van der Waals surface area contributed by atoms with Gasteiger partial charge in [-0.05, 0) is 55.0 Å². The molecule has 144 valence electrons. The highest BCUT2D eigenvalue weighted by Crippen LogP contribution is 2.25. The van der Waals surface area contributed by atoms with E-state index in [2.05, 4.69) is 45.1 Å². The van der Waals surface area contributed by atoms with Crippen molar-refractivity contribution in [2.24, 2.45) is 0 Å². The van der Waals surface area contributed by atoms with Gasteiger partial charge in [-0.25, -0.2) is 4.98 Å². The summed E-state index contributed by atoms with van der Waals surface area (Å²) in [6.07, 6.45) is 1.07. The van der Waals surface area contributed by atoms with Gasteiger partial charge in [0.1, 0.15) is 5.82 Å². The molecule has 0 saturated carbocycles.